The summed E-state index contributed by atoms with van der Waals surface area (Å²) in [6.07, 6.45) is 3.05. The number of morpholine rings is 1. The number of anilines is 1. The highest BCUT2D eigenvalue weighted by atomic mass is 16.5. The highest BCUT2D eigenvalue weighted by Gasteiger charge is 2.40. The zero-order chi connectivity index (χ0) is 16.3. The fraction of sp³-hybridized carbons (Fsp3) is 0.611. The van der Waals surface area contributed by atoms with Crippen LogP contribution in [-0.2, 0) is 16.1 Å². The zero-order valence-electron chi connectivity index (χ0n) is 13.8. The van der Waals surface area contributed by atoms with Crippen molar-refractivity contribution in [1.29, 1.82) is 0 Å². The Morgan fingerprint density at radius 1 is 1.22 bits per heavy atom. The van der Waals surface area contributed by atoms with Gasteiger partial charge < -0.3 is 19.6 Å². The highest BCUT2D eigenvalue weighted by Crippen LogP contribution is 2.31. The number of carbonyl (C=O) groups excluding carboxylic acids is 1. The van der Waals surface area contributed by atoms with E-state index in [1.54, 1.807) is 11.9 Å². The first-order valence-corrected chi connectivity index (χ1v) is 8.48. The van der Waals surface area contributed by atoms with Gasteiger partial charge in [0.25, 0.3) is 5.91 Å². The van der Waals surface area contributed by atoms with Crippen molar-refractivity contribution in [2.75, 3.05) is 38.3 Å². The van der Waals surface area contributed by atoms with E-state index >= 15 is 0 Å². The summed E-state index contributed by atoms with van der Waals surface area (Å²) in [7, 11) is 1.77. The minimum Gasteiger partial charge on any atom is -0.380 e. The van der Waals surface area contributed by atoms with Gasteiger partial charge in [-0.15, -0.1) is 0 Å². The molecule has 2 aliphatic rings. The number of ether oxygens (including phenoxy) is 1. The van der Waals surface area contributed by atoms with Gasteiger partial charge in [-0.25, -0.2) is 0 Å². The number of nitrogens with zero attached hydrogens (tertiary/aromatic N) is 2. The third-order valence-electron chi connectivity index (χ3n) is 4.91. The van der Waals surface area contributed by atoms with Crippen molar-refractivity contribution in [2.24, 2.45) is 0 Å². The Hall–Kier alpha value is -1.59. The normalized spacial score (nSPS) is 20.5. The van der Waals surface area contributed by atoms with Gasteiger partial charge in [0.15, 0.2) is 0 Å². The summed E-state index contributed by atoms with van der Waals surface area (Å²) >= 11 is 0. The number of likely N-dealkylation sites (N-methyl/N-ethyl adjacent to an activating group) is 1. The van der Waals surface area contributed by atoms with E-state index in [1.807, 2.05) is 0 Å². The van der Waals surface area contributed by atoms with Crippen molar-refractivity contribution >= 4 is 11.6 Å². The van der Waals surface area contributed by atoms with E-state index in [-0.39, 0.29) is 5.91 Å². The molecule has 126 valence electrons. The van der Waals surface area contributed by atoms with Crippen LogP contribution in [0.25, 0.3) is 0 Å². The molecule has 2 fully saturated rings. The number of hydrogen-bond acceptors (Lipinski definition) is 4. The molecule has 1 aromatic rings. The number of aliphatic hydroxyl groups is 1. The molecular weight excluding hydrogens is 292 g/mol. The standard InChI is InChI=1S/C18H26N2O3/c1-19(17(21)18(22)8-2-3-9-18)14-15-4-6-16(7-5-15)20-10-12-23-13-11-20/h4-7,22H,2-3,8-14H2,1H3. The Kier molecular flexibility index (Phi) is 4.87. The van der Waals surface area contributed by atoms with Crippen molar-refractivity contribution in [3.63, 3.8) is 0 Å². The van der Waals surface area contributed by atoms with E-state index in [0.717, 1.165) is 44.7 Å². The number of carbonyl (C=O) groups is 1. The monoisotopic (exact) mass is 318 g/mol. The summed E-state index contributed by atoms with van der Waals surface area (Å²) in [6, 6.07) is 8.33. The van der Waals surface area contributed by atoms with Crippen LogP contribution < -0.4 is 4.90 Å². The second-order valence-corrected chi connectivity index (χ2v) is 6.67. The third-order valence-corrected chi connectivity index (χ3v) is 4.91. The van der Waals surface area contributed by atoms with Crippen molar-refractivity contribution in [3.05, 3.63) is 29.8 Å². The second kappa shape index (κ2) is 6.89. The van der Waals surface area contributed by atoms with E-state index < -0.39 is 5.60 Å². The topological polar surface area (TPSA) is 53.0 Å². The van der Waals surface area contributed by atoms with Gasteiger partial charge in [-0.05, 0) is 43.4 Å². The van der Waals surface area contributed by atoms with Crippen LogP contribution in [0.1, 0.15) is 31.2 Å². The molecule has 1 saturated carbocycles. The number of hydrogen-bond donors (Lipinski definition) is 1. The molecule has 0 spiro atoms. The lowest BCUT2D eigenvalue weighted by Crippen LogP contribution is -2.45. The van der Waals surface area contributed by atoms with Crippen molar-refractivity contribution in [1.82, 2.24) is 4.90 Å². The summed E-state index contributed by atoms with van der Waals surface area (Å²) in [5.74, 6) is -0.146. The minimum absolute atomic E-state index is 0.146. The van der Waals surface area contributed by atoms with Crippen LogP contribution in [0.4, 0.5) is 5.69 Å². The van der Waals surface area contributed by atoms with Gasteiger partial charge in [0, 0.05) is 32.4 Å². The molecule has 0 bridgehead atoms. The van der Waals surface area contributed by atoms with E-state index in [1.165, 1.54) is 5.69 Å². The zero-order valence-corrected chi connectivity index (χ0v) is 13.8. The smallest absolute Gasteiger partial charge is 0.254 e. The maximum atomic E-state index is 12.4. The maximum Gasteiger partial charge on any atom is 0.254 e. The van der Waals surface area contributed by atoms with Crippen molar-refractivity contribution < 1.29 is 14.6 Å². The average molecular weight is 318 g/mol. The largest absolute Gasteiger partial charge is 0.380 e. The number of amides is 1. The first-order chi connectivity index (χ1) is 11.1. The molecule has 1 aliphatic carbocycles. The van der Waals surface area contributed by atoms with Gasteiger partial charge in [0.2, 0.25) is 0 Å². The Labute approximate surface area is 137 Å². The van der Waals surface area contributed by atoms with Gasteiger partial charge in [-0.1, -0.05) is 12.1 Å². The molecule has 1 saturated heterocycles. The predicted octanol–water partition coefficient (Wildman–Crippen LogP) is 1.79. The lowest BCUT2D eigenvalue weighted by molar-refractivity contribution is -0.149. The Morgan fingerprint density at radius 3 is 2.43 bits per heavy atom. The lowest BCUT2D eigenvalue weighted by Gasteiger charge is -2.29. The Morgan fingerprint density at radius 2 is 1.83 bits per heavy atom. The summed E-state index contributed by atoms with van der Waals surface area (Å²) in [4.78, 5) is 16.4. The van der Waals surface area contributed by atoms with Crippen LogP contribution in [-0.4, -0.2) is 54.9 Å². The number of benzene rings is 1. The molecule has 23 heavy (non-hydrogen) atoms. The summed E-state index contributed by atoms with van der Waals surface area (Å²) < 4.78 is 5.37. The molecule has 0 atom stereocenters. The second-order valence-electron chi connectivity index (χ2n) is 6.67. The van der Waals surface area contributed by atoms with Crippen LogP contribution in [0, 0.1) is 0 Å². The quantitative estimate of drug-likeness (QED) is 0.919. The van der Waals surface area contributed by atoms with Gasteiger partial charge in [-0.3, -0.25) is 4.79 Å². The predicted molar refractivity (Wildman–Crippen MR) is 89.4 cm³/mol. The van der Waals surface area contributed by atoms with E-state index in [0.29, 0.717) is 19.4 Å². The van der Waals surface area contributed by atoms with Gasteiger partial charge >= 0.3 is 0 Å². The molecule has 5 heteroatoms. The van der Waals surface area contributed by atoms with Crippen LogP contribution in [0.2, 0.25) is 0 Å². The van der Waals surface area contributed by atoms with Crippen LogP contribution >= 0.6 is 0 Å². The fourth-order valence-corrected chi connectivity index (χ4v) is 3.51. The first-order valence-electron chi connectivity index (χ1n) is 8.48. The molecule has 3 rings (SSSR count). The molecule has 1 aliphatic heterocycles. The molecular formula is C18H26N2O3. The summed E-state index contributed by atoms with van der Waals surface area (Å²) in [5.41, 5.74) is 1.14. The molecule has 1 amide bonds. The van der Waals surface area contributed by atoms with Gasteiger partial charge in [-0.2, -0.15) is 0 Å². The SMILES string of the molecule is CN(Cc1ccc(N2CCOCC2)cc1)C(=O)C1(O)CCCC1. The van der Waals surface area contributed by atoms with Crippen molar-refractivity contribution in [2.45, 2.75) is 37.8 Å². The maximum absolute atomic E-state index is 12.4. The average Bonchev–Trinajstić information content (AvgIpc) is 3.03. The molecule has 0 aromatic heterocycles. The molecule has 1 N–H and O–H groups in total. The molecule has 1 heterocycles. The lowest BCUT2D eigenvalue weighted by atomic mass is 10.0. The highest BCUT2D eigenvalue weighted by molar-refractivity contribution is 5.85. The summed E-state index contributed by atoms with van der Waals surface area (Å²) in [6.45, 7) is 3.93. The summed E-state index contributed by atoms with van der Waals surface area (Å²) in [5, 5.41) is 10.4. The molecule has 0 unspecified atom stereocenters. The number of rotatable bonds is 4. The first kappa shape index (κ1) is 16.3. The van der Waals surface area contributed by atoms with E-state index in [4.69, 9.17) is 4.74 Å². The molecule has 1 aromatic carbocycles. The van der Waals surface area contributed by atoms with Gasteiger partial charge in [0.05, 0.1) is 13.2 Å². The van der Waals surface area contributed by atoms with Crippen LogP contribution in [0.3, 0.4) is 0 Å². The molecule has 0 radical (unpaired) electrons. The Bertz CT molecular complexity index is 532. The minimum atomic E-state index is -1.14. The van der Waals surface area contributed by atoms with E-state index in [2.05, 4.69) is 29.2 Å². The van der Waals surface area contributed by atoms with E-state index in [9.17, 15) is 9.90 Å². The third kappa shape index (κ3) is 3.67. The van der Waals surface area contributed by atoms with Crippen LogP contribution in [0.15, 0.2) is 24.3 Å². The van der Waals surface area contributed by atoms with Crippen LogP contribution in [0.5, 0.6) is 0 Å². The van der Waals surface area contributed by atoms with Gasteiger partial charge in [0.1, 0.15) is 5.60 Å². The molecule has 5 nitrogen and oxygen atoms in total. The fourth-order valence-electron chi connectivity index (χ4n) is 3.51. The Balaban J connectivity index is 1.60. The van der Waals surface area contributed by atoms with Crippen molar-refractivity contribution in [3.8, 4) is 0 Å².